The first-order valence-electron chi connectivity index (χ1n) is 8.28. The second kappa shape index (κ2) is 6.97. The fraction of sp³-hybridized carbons (Fsp3) is 0.211. The van der Waals surface area contributed by atoms with Crippen LogP contribution >= 0.6 is 0 Å². The Hall–Kier alpha value is -3.19. The molecule has 4 rings (SSSR count). The fourth-order valence-corrected chi connectivity index (χ4v) is 2.86. The number of ether oxygens (including phenoxy) is 1. The highest BCUT2D eigenvalue weighted by atomic mass is 16.5. The number of para-hydroxylation sites is 1. The Morgan fingerprint density at radius 1 is 1.12 bits per heavy atom. The molecular weight excluding hydrogens is 330 g/mol. The molecule has 0 fully saturated rings. The van der Waals surface area contributed by atoms with Crippen molar-refractivity contribution in [3.8, 4) is 0 Å². The van der Waals surface area contributed by atoms with Gasteiger partial charge in [0.2, 0.25) is 0 Å². The number of carbonyl (C=O) groups excluding carboxylic acids is 1. The largest absolute Gasteiger partial charge is 0.353 e. The zero-order valence-corrected chi connectivity index (χ0v) is 14.0. The Kier molecular flexibility index (Phi) is 4.37. The average molecular weight is 347 g/mol. The van der Waals surface area contributed by atoms with Gasteiger partial charge in [0, 0.05) is 0 Å². The third-order valence-corrected chi connectivity index (χ3v) is 4.26. The third kappa shape index (κ3) is 3.16. The van der Waals surface area contributed by atoms with Crippen molar-refractivity contribution in [2.75, 3.05) is 6.54 Å². The quantitative estimate of drug-likeness (QED) is 0.603. The number of rotatable bonds is 6. The van der Waals surface area contributed by atoms with Crippen LogP contribution in [-0.4, -0.2) is 33.0 Å². The van der Waals surface area contributed by atoms with Crippen LogP contribution in [0.15, 0.2) is 59.6 Å². The summed E-state index contributed by atoms with van der Waals surface area (Å²) in [7, 11) is 0. The first-order chi connectivity index (χ1) is 12.8. The second-order valence-corrected chi connectivity index (χ2v) is 6.13. The molecule has 0 radical (unpaired) electrons. The number of aldehydes is 1. The van der Waals surface area contributed by atoms with Crippen molar-refractivity contribution >= 4 is 12.4 Å². The van der Waals surface area contributed by atoms with Gasteiger partial charge in [-0.3, -0.25) is 4.99 Å². The number of aromatic nitrogens is 4. The molecule has 0 spiro atoms. The van der Waals surface area contributed by atoms with Gasteiger partial charge in [-0.2, -0.15) is 0 Å². The van der Waals surface area contributed by atoms with Crippen molar-refractivity contribution in [3.05, 3.63) is 76.6 Å². The van der Waals surface area contributed by atoms with E-state index in [4.69, 9.17) is 4.74 Å². The predicted octanol–water partition coefficient (Wildman–Crippen LogP) is 0.398. The lowest BCUT2D eigenvalue weighted by molar-refractivity contribution is -0.110. The molecule has 7 heteroatoms. The molecule has 2 aromatic carbocycles. The van der Waals surface area contributed by atoms with Crippen molar-refractivity contribution < 1.29 is 9.53 Å². The molecule has 26 heavy (non-hydrogen) atoms. The Balaban J connectivity index is 1.51. The summed E-state index contributed by atoms with van der Waals surface area (Å²) in [5.41, 5.74) is 0.0692. The predicted molar refractivity (Wildman–Crippen MR) is 93.3 cm³/mol. The van der Waals surface area contributed by atoms with E-state index in [-0.39, 0.29) is 13.3 Å². The smallest absolute Gasteiger partial charge is 0.193 e. The molecule has 0 bridgehead atoms. The van der Waals surface area contributed by atoms with Crippen LogP contribution in [0.5, 0.6) is 0 Å². The highest BCUT2D eigenvalue weighted by molar-refractivity contribution is 5.78. The zero-order chi connectivity index (χ0) is 17.8. The highest BCUT2D eigenvalue weighted by Gasteiger charge is 2.36. The summed E-state index contributed by atoms with van der Waals surface area (Å²) in [6.07, 6.45) is 2.69. The van der Waals surface area contributed by atoms with Gasteiger partial charge in [-0.25, -0.2) is 0 Å². The number of carbonyl (C=O) groups is 1. The van der Waals surface area contributed by atoms with E-state index in [1.165, 1.54) is 4.80 Å². The van der Waals surface area contributed by atoms with E-state index in [9.17, 15) is 4.79 Å². The molecular formula is C19H17N5O2. The van der Waals surface area contributed by atoms with Crippen LogP contribution in [0.1, 0.15) is 11.4 Å². The molecule has 1 aliphatic heterocycles. The molecule has 130 valence electrons. The van der Waals surface area contributed by atoms with E-state index < -0.39 is 5.41 Å². The van der Waals surface area contributed by atoms with Gasteiger partial charge in [0.15, 0.2) is 12.6 Å². The Labute approximate surface area is 149 Å². The molecule has 1 unspecified atom stereocenters. The molecule has 2 heterocycles. The van der Waals surface area contributed by atoms with Crippen LogP contribution in [0.3, 0.4) is 0 Å². The summed E-state index contributed by atoms with van der Waals surface area (Å²) >= 11 is 0. The maximum absolute atomic E-state index is 11.9. The van der Waals surface area contributed by atoms with Crippen molar-refractivity contribution in [3.63, 3.8) is 0 Å². The van der Waals surface area contributed by atoms with E-state index in [1.807, 2.05) is 60.7 Å². The van der Waals surface area contributed by atoms with Gasteiger partial charge >= 0.3 is 0 Å². The van der Waals surface area contributed by atoms with Crippen LogP contribution in [0.2, 0.25) is 0 Å². The van der Waals surface area contributed by atoms with Gasteiger partial charge in [0.25, 0.3) is 0 Å². The standard InChI is InChI=1S/C19H17N5O2/c25-13-19(10-16-8-4-5-9-17(16)20-12-19)18-21-23-24(22-18)14-26-11-15-6-2-1-3-7-15/h1-10,13H,11-12,14H2. The molecule has 0 saturated heterocycles. The van der Waals surface area contributed by atoms with Gasteiger partial charge in [-0.1, -0.05) is 54.6 Å². The summed E-state index contributed by atoms with van der Waals surface area (Å²) in [5, 5.41) is 14.1. The van der Waals surface area contributed by atoms with E-state index in [1.54, 1.807) is 0 Å². The second-order valence-electron chi connectivity index (χ2n) is 6.13. The van der Waals surface area contributed by atoms with Crippen LogP contribution in [0.25, 0.3) is 6.08 Å². The summed E-state index contributed by atoms with van der Waals surface area (Å²) < 4.78 is 5.61. The van der Waals surface area contributed by atoms with Gasteiger partial charge in [0.1, 0.15) is 11.7 Å². The lowest BCUT2D eigenvalue weighted by Gasteiger charge is -2.20. The summed E-state index contributed by atoms with van der Waals surface area (Å²) in [6.45, 7) is 0.875. The lowest BCUT2D eigenvalue weighted by Crippen LogP contribution is -2.41. The topological polar surface area (TPSA) is 82.3 Å². The minimum Gasteiger partial charge on any atom is -0.353 e. The van der Waals surface area contributed by atoms with E-state index in [0.717, 1.165) is 22.4 Å². The number of hydrogen-bond acceptors (Lipinski definition) is 6. The van der Waals surface area contributed by atoms with Gasteiger partial charge in [0.05, 0.1) is 18.5 Å². The number of hydrogen-bond donors (Lipinski definition) is 0. The molecule has 1 aromatic heterocycles. The van der Waals surface area contributed by atoms with Crippen molar-refractivity contribution in [2.24, 2.45) is 4.99 Å². The SMILES string of the molecule is O=CC1(c2nnn(COCc3ccccc3)n2)C=c2ccccc2=NC1. The Morgan fingerprint density at radius 3 is 2.77 bits per heavy atom. The number of fused-ring (bicyclic) bond motifs is 1. The summed E-state index contributed by atoms with van der Waals surface area (Å²) in [5.74, 6) is 0.328. The first kappa shape index (κ1) is 16.3. The lowest BCUT2D eigenvalue weighted by atomic mass is 9.86. The van der Waals surface area contributed by atoms with Crippen molar-refractivity contribution in [1.29, 1.82) is 0 Å². The van der Waals surface area contributed by atoms with Gasteiger partial charge in [-0.15, -0.1) is 15.0 Å². The zero-order valence-electron chi connectivity index (χ0n) is 14.0. The fourth-order valence-electron chi connectivity index (χ4n) is 2.86. The molecule has 1 atom stereocenters. The normalized spacial score (nSPS) is 18.5. The molecule has 0 N–H and O–H groups in total. The summed E-state index contributed by atoms with van der Waals surface area (Å²) in [6, 6.07) is 17.5. The minimum absolute atomic E-state index is 0.157. The Morgan fingerprint density at radius 2 is 1.92 bits per heavy atom. The molecule has 7 nitrogen and oxygen atoms in total. The maximum atomic E-state index is 11.9. The maximum Gasteiger partial charge on any atom is 0.193 e. The van der Waals surface area contributed by atoms with E-state index in [0.29, 0.717) is 12.4 Å². The number of benzene rings is 2. The van der Waals surface area contributed by atoms with Crippen LogP contribution in [0, 0.1) is 0 Å². The average Bonchev–Trinajstić information content (AvgIpc) is 3.18. The highest BCUT2D eigenvalue weighted by Crippen LogP contribution is 2.21. The molecule has 0 aliphatic carbocycles. The minimum atomic E-state index is -0.994. The van der Waals surface area contributed by atoms with Crippen molar-refractivity contribution in [1.82, 2.24) is 20.2 Å². The Bertz CT molecular complexity index is 1030. The van der Waals surface area contributed by atoms with Gasteiger partial charge in [-0.05, 0) is 22.1 Å². The van der Waals surface area contributed by atoms with Crippen molar-refractivity contribution in [2.45, 2.75) is 18.8 Å². The third-order valence-electron chi connectivity index (χ3n) is 4.26. The van der Waals surface area contributed by atoms with Crippen LogP contribution in [-0.2, 0) is 28.3 Å². The molecule has 0 saturated carbocycles. The molecule has 0 amide bonds. The molecule has 1 aliphatic rings. The van der Waals surface area contributed by atoms with Crippen LogP contribution < -0.4 is 10.6 Å². The van der Waals surface area contributed by atoms with E-state index in [2.05, 4.69) is 20.4 Å². The monoisotopic (exact) mass is 347 g/mol. The molecule has 3 aromatic rings. The van der Waals surface area contributed by atoms with E-state index >= 15 is 0 Å². The van der Waals surface area contributed by atoms with Crippen LogP contribution in [0.4, 0.5) is 0 Å². The number of tetrazole rings is 1. The number of nitrogens with zero attached hydrogens (tertiary/aromatic N) is 5. The first-order valence-corrected chi connectivity index (χ1v) is 8.28. The van der Waals surface area contributed by atoms with Gasteiger partial charge < -0.3 is 9.53 Å². The summed E-state index contributed by atoms with van der Waals surface area (Å²) in [4.78, 5) is 17.7.